The smallest absolute Gasteiger partial charge is 0.261 e. The molecule has 0 bridgehead atoms. The molecule has 6 nitrogen and oxygen atoms in total. The number of para-hydroxylation sites is 2. The van der Waals surface area contributed by atoms with Crippen molar-refractivity contribution in [2.75, 3.05) is 20.3 Å². The third kappa shape index (κ3) is 7.33. The van der Waals surface area contributed by atoms with Gasteiger partial charge in [-0.2, -0.15) is 0 Å². The second kappa shape index (κ2) is 12.4. The van der Waals surface area contributed by atoms with Crippen LogP contribution >= 0.6 is 23.2 Å². The molecule has 31 heavy (non-hydrogen) atoms. The highest BCUT2D eigenvalue weighted by Gasteiger charge is 2.26. The first-order valence-electron chi connectivity index (χ1n) is 10.1. The number of nitrogens with one attached hydrogen (secondary N) is 1. The molecule has 0 aromatic heterocycles. The Bertz CT molecular complexity index is 892. The molecule has 0 spiro atoms. The molecule has 0 aliphatic heterocycles. The summed E-state index contributed by atoms with van der Waals surface area (Å²) in [5.74, 6) is 0.416. The molecule has 8 heteroatoms. The van der Waals surface area contributed by atoms with Crippen LogP contribution in [0.3, 0.4) is 0 Å². The summed E-state index contributed by atoms with van der Waals surface area (Å²) in [4.78, 5) is 27.2. The number of methoxy groups -OCH3 is 1. The zero-order valence-electron chi connectivity index (χ0n) is 18.0. The van der Waals surface area contributed by atoms with Crippen molar-refractivity contribution in [2.45, 2.75) is 39.3 Å². The van der Waals surface area contributed by atoms with Crippen molar-refractivity contribution in [3.05, 3.63) is 58.1 Å². The van der Waals surface area contributed by atoms with Gasteiger partial charge in [-0.1, -0.05) is 54.7 Å². The van der Waals surface area contributed by atoms with Crippen LogP contribution in [0.5, 0.6) is 11.5 Å². The maximum absolute atomic E-state index is 13.1. The van der Waals surface area contributed by atoms with E-state index in [1.807, 2.05) is 13.0 Å². The first-order chi connectivity index (χ1) is 14.9. The van der Waals surface area contributed by atoms with Gasteiger partial charge in [0, 0.05) is 13.1 Å². The Hall–Kier alpha value is -2.44. The Morgan fingerprint density at radius 3 is 2.45 bits per heavy atom. The lowest BCUT2D eigenvalue weighted by Crippen LogP contribution is -2.49. The molecule has 0 aliphatic carbocycles. The average molecular weight is 467 g/mol. The fourth-order valence-corrected chi connectivity index (χ4v) is 3.23. The first-order valence-corrected chi connectivity index (χ1v) is 10.9. The molecule has 0 heterocycles. The van der Waals surface area contributed by atoms with Crippen LogP contribution in [0.2, 0.25) is 10.0 Å². The SMILES string of the molecule is CCCCNC(=O)[C@H](C)N(Cc1ccc(Cl)c(Cl)c1)C(=O)COc1ccccc1OC. The van der Waals surface area contributed by atoms with Crippen LogP contribution in [0.1, 0.15) is 32.3 Å². The number of hydrogen-bond donors (Lipinski definition) is 1. The fraction of sp³-hybridized carbons (Fsp3) is 0.391. The van der Waals surface area contributed by atoms with E-state index in [4.69, 9.17) is 32.7 Å². The van der Waals surface area contributed by atoms with E-state index in [0.29, 0.717) is 28.1 Å². The fourth-order valence-electron chi connectivity index (χ4n) is 2.91. The summed E-state index contributed by atoms with van der Waals surface area (Å²) in [6.45, 7) is 4.25. The molecule has 0 saturated heterocycles. The van der Waals surface area contributed by atoms with E-state index in [0.717, 1.165) is 18.4 Å². The molecule has 2 amide bonds. The molecule has 168 valence electrons. The number of benzene rings is 2. The van der Waals surface area contributed by atoms with Crippen molar-refractivity contribution in [3.8, 4) is 11.5 Å². The van der Waals surface area contributed by atoms with Gasteiger partial charge >= 0.3 is 0 Å². The summed E-state index contributed by atoms with van der Waals surface area (Å²) < 4.78 is 10.9. The molecule has 1 N–H and O–H groups in total. The van der Waals surface area contributed by atoms with Crippen LogP contribution < -0.4 is 14.8 Å². The minimum absolute atomic E-state index is 0.188. The van der Waals surface area contributed by atoms with Gasteiger partial charge in [-0.05, 0) is 43.2 Å². The summed E-state index contributed by atoms with van der Waals surface area (Å²) >= 11 is 12.1. The second-order valence-corrected chi connectivity index (χ2v) is 7.84. The van der Waals surface area contributed by atoms with Crippen molar-refractivity contribution >= 4 is 35.0 Å². The number of amides is 2. The van der Waals surface area contributed by atoms with E-state index in [1.165, 1.54) is 12.0 Å². The number of carbonyl (C=O) groups is 2. The number of rotatable bonds is 11. The highest BCUT2D eigenvalue weighted by atomic mass is 35.5. The van der Waals surface area contributed by atoms with Crippen molar-refractivity contribution in [1.29, 1.82) is 0 Å². The second-order valence-electron chi connectivity index (χ2n) is 7.03. The van der Waals surface area contributed by atoms with Gasteiger partial charge < -0.3 is 19.7 Å². The Kier molecular flexibility index (Phi) is 9.95. The lowest BCUT2D eigenvalue weighted by molar-refractivity contribution is -0.142. The number of hydrogen-bond acceptors (Lipinski definition) is 4. The van der Waals surface area contributed by atoms with Crippen LogP contribution in [0.15, 0.2) is 42.5 Å². The third-order valence-electron chi connectivity index (χ3n) is 4.75. The Labute approximate surface area is 193 Å². The molecule has 2 rings (SSSR count). The van der Waals surface area contributed by atoms with E-state index in [1.54, 1.807) is 43.3 Å². The molecule has 0 unspecified atom stereocenters. The largest absolute Gasteiger partial charge is 0.493 e. The van der Waals surface area contributed by atoms with Gasteiger partial charge in [0.05, 0.1) is 17.2 Å². The number of carbonyl (C=O) groups excluding carboxylic acids is 2. The normalized spacial score (nSPS) is 11.5. The predicted octanol–water partition coefficient (Wildman–Crippen LogP) is 4.71. The lowest BCUT2D eigenvalue weighted by atomic mass is 10.1. The molecular formula is C23H28Cl2N2O4. The number of halogens is 2. The van der Waals surface area contributed by atoms with E-state index in [9.17, 15) is 9.59 Å². The average Bonchev–Trinajstić information content (AvgIpc) is 2.77. The van der Waals surface area contributed by atoms with Gasteiger partial charge in [0.25, 0.3) is 5.91 Å². The zero-order valence-corrected chi connectivity index (χ0v) is 19.5. The third-order valence-corrected chi connectivity index (χ3v) is 5.49. The highest BCUT2D eigenvalue weighted by molar-refractivity contribution is 6.42. The summed E-state index contributed by atoms with van der Waals surface area (Å²) in [6, 6.07) is 11.5. The van der Waals surface area contributed by atoms with Gasteiger partial charge in [0.15, 0.2) is 18.1 Å². The number of ether oxygens (including phenoxy) is 2. The standard InChI is InChI=1S/C23H28Cl2N2O4/c1-4-5-12-26-23(29)16(2)27(14-17-10-11-18(24)19(25)13-17)22(28)15-31-21-9-7-6-8-20(21)30-3/h6-11,13,16H,4-5,12,14-15H2,1-3H3,(H,26,29)/t16-/m0/s1. The van der Waals surface area contributed by atoms with Crippen LogP contribution in [-0.2, 0) is 16.1 Å². The van der Waals surface area contributed by atoms with E-state index in [2.05, 4.69) is 5.32 Å². The summed E-state index contributed by atoms with van der Waals surface area (Å²) in [5.41, 5.74) is 0.758. The maximum atomic E-state index is 13.1. The first kappa shape index (κ1) is 24.8. The number of unbranched alkanes of at least 4 members (excludes halogenated alkanes) is 1. The Morgan fingerprint density at radius 1 is 1.10 bits per heavy atom. The minimum Gasteiger partial charge on any atom is -0.493 e. The molecule has 0 saturated carbocycles. The molecule has 1 atom stereocenters. The summed E-state index contributed by atoms with van der Waals surface area (Å²) in [5, 5.41) is 3.69. The van der Waals surface area contributed by atoms with Crippen LogP contribution in [-0.4, -0.2) is 43.0 Å². The topological polar surface area (TPSA) is 67.9 Å². The molecule has 2 aromatic carbocycles. The van der Waals surface area contributed by atoms with E-state index >= 15 is 0 Å². The van der Waals surface area contributed by atoms with Crippen molar-refractivity contribution in [1.82, 2.24) is 10.2 Å². The zero-order chi connectivity index (χ0) is 22.8. The van der Waals surface area contributed by atoms with Crippen molar-refractivity contribution in [2.24, 2.45) is 0 Å². The van der Waals surface area contributed by atoms with Gasteiger partial charge in [-0.3, -0.25) is 9.59 Å². The molecular weight excluding hydrogens is 439 g/mol. The highest BCUT2D eigenvalue weighted by Crippen LogP contribution is 2.26. The monoisotopic (exact) mass is 466 g/mol. The van der Waals surface area contributed by atoms with Crippen molar-refractivity contribution in [3.63, 3.8) is 0 Å². The van der Waals surface area contributed by atoms with Crippen LogP contribution in [0.4, 0.5) is 0 Å². The maximum Gasteiger partial charge on any atom is 0.261 e. The quantitative estimate of drug-likeness (QED) is 0.486. The molecule has 0 aliphatic rings. The van der Waals surface area contributed by atoms with Gasteiger partial charge in [0.2, 0.25) is 5.91 Å². The molecule has 2 aromatic rings. The van der Waals surface area contributed by atoms with E-state index < -0.39 is 6.04 Å². The summed E-state index contributed by atoms with van der Waals surface area (Å²) in [6.07, 6.45) is 1.84. The van der Waals surface area contributed by atoms with Crippen LogP contribution in [0, 0.1) is 0 Å². The number of nitrogens with zero attached hydrogens (tertiary/aromatic N) is 1. The van der Waals surface area contributed by atoms with Gasteiger partial charge in [-0.15, -0.1) is 0 Å². The van der Waals surface area contributed by atoms with Crippen molar-refractivity contribution < 1.29 is 19.1 Å². The predicted molar refractivity (Wildman–Crippen MR) is 123 cm³/mol. The Balaban J connectivity index is 2.17. The van der Waals surface area contributed by atoms with E-state index in [-0.39, 0.29) is 25.0 Å². The molecule has 0 radical (unpaired) electrons. The Morgan fingerprint density at radius 2 is 1.81 bits per heavy atom. The van der Waals surface area contributed by atoms with Gasteiger partial charge in [-0.25, -0.2) is 0 Å². The lowest BCUT2D eigenvalue weighted by Gasteiger charge is -2.29. The summed E-state index contributed by atoms with van der Waals surface area (Å²) in [7, 11) is 1.53. The molecule has 0 fully saturated rings. The van der Waals surface area contributed by atoms with Gasteiger partial charge in [0.1, 0.15) is 6.04 Å². The minimum atomic E-state index is -0.694. The van der Waals surface area contributed by atoms with Crippen LogP contribution in [0.25, 0.3) is 0 Å².